The van der Waals surface area contributed by atoms with Gasteiger partial charge in [0.1, 0.15) is 0 Å². The van der Waals surface area contributed by atoms with E-state index in [1.165, 1.54) is 11.8 Å². The van der Waals surface area contributed by atoms with E-state index in [4.69, 9.17) is 0 Å². The summed E-state index contributed by atoms with van der Waals surface area (Å²) in [4.78, 5) is 11.2. The predicted molar refractivity (Wildman–Crippen MR) is 48.8 cm³/mol. The number of carbonyl (C=O) groups excluding carboxylic acids is 1. The maximum Gasteiger partial charge on any atom is 0.205 e. The molecule has 1 aliphatic heterocycles. The van der Waals surface area contributed by atoms with Crippen molar-refractivity contribution in [2.75, 3.05) is 5.75 Å². The summed E-state index contributed by atoms with van der Waals surface area (Å²) < 4.78 is 0. The highest BCUT2D eigenvalue weighted by molar-refractivity contribution is 8.14. The van der Waals surface area contributed by atoms with Crippen LogP contribution in [-0.4, -0.2) is 22.4 Å². The highest BCUT2D eigenvalue weighted by atomic mass is 32.2. The molecule has 1 unspecified atom stereocenters. The van der Waals surface area contributed by atoms with Crippen molar-refractivity contribution in [1.29, 1.82) is 0 Å². The van der Waals surface area contributed by atoms with E-state index in [1.807, 2.05) is 0 Å². The Morgan fingerprint density at radius 3 is 2.55 bits per heavy atom. The molecule has 0 saturated carbocycles. The maximum atomic E-state index is 11.2. The Hall–Kier alpha value is -0.0200. The maximum absolute atomic E-state index is 11.2. The van der Waals surface area contributed by atoms with E-state index in [-0.39, 0.29) is 11.6 Å². The predicted octanol–water partition coefficient (Wildman–Crippen LogP) is 1.41. The van der Waals surface area contributed by atoms with Crippen LogP contribution in [0.4, 0.5) is 0 Å². The lowest BCUT2D eigenvalue weighted by Crippen LogP contribution is -2.45. The minimum Gasteiger partial charge on any atom is -0.302 e. The van der Waals surface area contributed by atoms with Gasteiger partial charge in [0.2, 0.25) is 5.12 Å². The molecular formula is C8H15NOS. The van der Waals surface area contributed by atoms with Gasteiger partial charge in [0.05, 0.1) is 6.04 Å². The van der Waals surface area contributed by atoms with Crippen LogP contribution in [0.25, 0.3) is 0 Å². The summed E-state index contributed by atoms with van der Waals surface area (Å²) in [6, 6.07) is 0.0972. The Bertz CT molecular complexity index is 162. The van der Waals surface area contributed by atoms with Gasteiger partial charge in [-0.3, -0.25) is 4.79 Å². The smallest absolute Gasteiger partial charge is 0.205 e. The summed E-state index contributed by atoms with van der Waals surface area (Å²) >= 11 is 1.44. The van der Waals surface area contributed by atoms with Crippen molar-refractivity contribution < 1.29 is 4.79 Å². The molecule has 0 aromatic carbocycles. The molecule has 1 heterocycles. The third-order valence-corrected chi connectivity index (χ3v) is 2.55. The van der Waals surface area contributed by atoms with Crippen molar-refractivity contribution in [3.63, 3.8) is 0 Å². The van der Waals surface area contributed by atoms with Crippen LogP contribution in [0.5, 0.6) is 0 Å². The van der Waals surface area contributed by atoms with Crippen LogP contribution in [0.2, 0.25) is 0 Å². The zero-order valence-corrected chi connectivity index (χ0v) is 8.12. The zero-order chi connectivity index (χ0) is 8.48. The normalized spacial score (nSPS) is 26.1. The molecule has 0 aromatic rings. The van der Waals surface area contributed by atoms with Gasteiger partial charge in [0, 0.05) is 11.3 Å². The van der Waals surface area contributed by atoms with E-state index in [0.29, 0.717) is 5.12 Å². The number of hydrogen-bond donors (Lipinski definition) is 1. The average Bonchev–Trinajstić information content (AvgIpc) is 2.12. The van der Waals surface area contributed by atoms with Gasteiger partial charge in [-0.05, 0) is 27.2 Å². The molecule has 1 saturated heterocycles. The van der Waals surface area contributed by atoms with Crippen LogP contribution in [0.3, 0.4) is 0 Å². The van der Waals surface area contributed by atoms with E-state index < -0.39 is 0 Å². The summed E-state index contributed by atoms with van der Waals surface area (Å²) in [5.74, 6) is 0.979. The fraction of sp³-hybridized carbons (Fsp3) is 0.875. The largest absolute Gasteiger partial charge is 0.302 e. The zero-order valence-electron chi connectivity index (χ0n) is 7.31. The SMILES string of the molecule is CC(C)(C)NC1CCSC1=O. The van der Waals surface area contributed by atoms with Crippen molar-refractivity contribution in [1.82, 2.24) is 5.32 Å². The van der Waals surface area contributed by atoms with Gasteiger partial charge in [-0.2, -0.15) is 0 Å². The van der Waals surface area contributed by atoms with Crippen LogP contribution in [-0.2, 0) is 4.79 Å². The van der Waals surface area contributed by atoms with Gasteiger partial charge in [-0.15, -0.1) is 0 Å². The van der Waals surface area contributed by atoms with Crippen LogP contribution >= 0.6 is 11.8 Å². The van der Waals surface area contributed by atoms with Crippen molar-refractivity contribution in [3.8, 4) is 0 Å². The molecule has 0 amide bonds. The summed E-state index contributed by atoms with van der Waals surface area (Å²) in [5.41, 5.74) is 0.0607. The lowest BCUT2D eigenvalue weighted by Gasteiger charge is -2.24. The lowest BCUT2D eigenvalue weighted by molar-refractivity contribution is -0.112. The Labute approximate surface area is 72.1 Å². The first kappa shape index (κ1) is 9.07. The highest BCUT2D eigenvalue weighted by Gasteiger charge is 2.28. The summed E-state index contributed by atoms with van der Waals surface area (Å²) in [6.07, 6.45) is 0.987. The molecular weight excluding hydrogens is 158 g/mol. The van der Waals surface area contributed by atoms with Crippen molar-refractivity contribution in [3.05, 3.63) is 0 Å². The first-order valence-corrected chi connectivity index (χ1v) is 4.92. The van der Waals surface area contributed by atoms with Gasteiger partial charge in [-0.1, -0.05) is 11.8 Å². The van der Waals surface area contributed by atoms with Crippen LogP contribution < -0.4 is 5.32 Å². The second-order valence-corrected chi connectivity index (χ2v) is 5.00. The number of rotatable bonds is 1. The van der Waals surface area contributed by atoms with Crippen LogP contribution in [0, 0.1) is 0 Å². The monoisotopic (exact) mass is 173 g/mol. The third-order valence-electron chi connectivity index (χ3n) is 1.54. The van der Waals surface area contributed by atoms with Gasteiger partial charge in [-0.25, -0.2) is 0 Å². The molecule has 0 bridgehead atoms. The van der Waals surface area contributed by atoms with Crippen molar-refractivity contribution in [2.45, 2.75) is 38.8 Å². The first-order chi connectivity index (χ1) is 4.99. The number of carbonyl (C=O) groups is 1. The Kier molecular flexibility index (Phi) is 2.60. The fourth-order valence-electron chi connectivity index (χ4n) is 1.15. The quantitative estimate of drug-likeness (QED) is 0.650. The van der Waals surface area contributed by atoms with Gasteiger partial charge < -0.3 is 5.32 Å². The van der Waals surface area contributed by atoms with E-state index in [2.05, 4.69) is 26.1 Å². The van der Waals surface area contributed by atoms with Gasteiger partial charge in [0.25, 0.3) is 0 Å². The molecule has 1 rings (SSSR count). The molecule has 1 atom stereocenters. The van der Waals surface area contributed by atoms with Crippen LogP contribution in [0.1, 0.15) is 27.2 Å². The molecule has 0 aliphatic carbocycles. The molecule has 0 radical (unpaired) electrons. The first-order valence-electron chi connectivity index (χ1n) is 3.93. The number of hydrogen-bond acceptors (Lipinski definition) is 3. The molecule has 2 nitrogen and oxygen atoms in total. The Morgan fingerprint density at radius 1 is 1.55 bits per heavy atom. The van der Waals surface area contributed by atoms with E-state index in [1.54, 1.807) is 0 Å². The van der Waals surface area contributed by atoms with Crippen molar-refractivity contribution >= 4 is 16.9 Å². The molecule has 1 aliphatic rings. The summed E-state index contributed by atoms with van der Waals surface area (Å²) in [5, 5.41) is 3.60. The molecule has 0 aromatic heterocycles. The minimum atomic E-state index is 0.0607. The number of thioether (sulfide) groups is 1. The molecule has 1 N–H and O–H groups in total. The standard InChI is InChI=1S/C8H15NOS/c1-8(2,3)9-6-4-5-11-7(6)10/h6,9H,4-5H2,1-3H3. The molecule has 0 spiro atoms. The van der Waals surface area contributed by atoms with Crippen molar-refractivity contribution in [2.24, 2.45) is 0 Å². The molecule has 11 heavy (non-hydrogen) atoms. The molecule has 3 heteroatoms. The highest BCUT2D eigenvalue weighted by Crippen LogP contribution is 2.21. The van der Waals surface area contributed by atoms with E-state index in [9.17, 15) is 4.79 Å². The molecule has 64 valence electrons. The second-order valence-electron chi connectivity index (χ2n) is 3.90. The lowest BCUT2D eigenvalue weighted by atomic mass is 10.1. The van der Waals surface area contributed by atoms with Gasteiger partial charge >= 0.3 is 0 Å². The van der Waals surface area contributed by atoms with Gasteiger partial charge in [0.15, 0.2) is 0 Å². The minimum absolute atomic E-state index is 0.0607. The summed E-state index contributed by atoms with van der Waals surface area (Å²) in [6.45, 7) is 6.26. The summed E-state index contributed by atoms with van der Waals surface area (Å²) in [7, 11) is 0. The average molecular weight is 173 g/mol. The van der Waals surface area contributed by atoms with Crippen LogP contribution in [0.15, 0.2) is 0 Å². The van der Waals surface area contributed by atoms with E-state index >= 15 is 0 Å². The fourth-order valence-corrected chi connectivity index (χ4v) is 2.08. The Balaban J connectivity index is 2.43. The van der Waals surface area contributed by atoms with E-state index in [0.717, 1.165) is 12.2 Å². The second kappa shape index (κ2) is 3.15. The Morgan fingerprint density at radius 2 is 2.18 bits per heavy atom. The molecule has 1 fully saturated rings. The number of nitrogens with one attached hydrogen (secondary N) is 1. The topological polar surface area (TPSA) is 29.1 Å². The third kappa shape index (κ3) is 2.83.